The smallest absolute Gasteiger partial charge is 0.374 e. The maximum atomic E-state index is 13.0. The summed E-state index contributed by atoms with van der Waals surface area (Å²) >= 11 is 0. The van der Waals surface area contributed by atoms with Crippen LogP contribution >= 0.6 is 0 Å². The van der Waals surface area contributed by atoms with Crippen LogP contribution in [0.2, 0.25) is 0 Å². The minimum Gasteiger partial charge on any atom is -0.374 e. The predicted molar refractivity (Wildman–Crippen MR) is 57.5 cm³/mol. The molecule has 9 heteroatoms. The first-order chi connectivity index (χ1) is 8.72. The summed E-state index contributed by atoms with van der Waals surface area (Å²) in [6.45, 7) is 1.65. The van der Waals surface area contributed by atoms with Crippen LogP contribution in [0, 0.1) is 0 Å². The normalized spacial score (nSPS) is 15.1. The van der Waals surface area contributed by atoms with Crippen LogP contribution in [0.3, 0.4) is 0 Å². The minimum atomic E-state index is -5.05. The molecule has 1 unspecified atom stereocenters. The van der Waals surface area contributed by atoms with E-state index in [-0.39, 0.29) is 6.61 Å². The number of amides is 1. The quantitative estimate of drug-likeness (QED) is 0.776. The fourth-order valence-corrected chi connectivity index (χ4v) is 1.49. The molecule has 0 aromatic carbocycles. The van der Waals surface area contributed by atoms with Crippen molar-refractivity contribution in [3.63, 3.8) is 0 Å². The molecule has 0 saturated heterocycles. The number of alkyl halides is 3. The number of hydrogen-bond acceptors (Lipinski definition) is 4. The highest BCUT2D eigenvalue weighted by Crippen LogP contribution is 2.40. The van der Waals surface area contributed by atoms with Crippen molar-refractivity contribution in [3.8, 4) is 0 Å². The largest absolute Gasteiger partial charge is 0.425 e. The molecule has 0 aliphatic heterocycles. The monoisotopic (exact) mass is 281 g/mol. The zero-order valence-corrected chi connectivity index (χ0v) is 10.4. The predicted octanol–water partition coefficient (Wildman–Crippen LogP) is 0.628. The molecule has 1 heterocycles. The van der Waals surface area contributed by atoms with Crippen molar-refractivity contribution in [2.45, 2.75) is 25.1 Å². The Balaban J connectivity index is 3.02. The number of hydroxylamine groups is 1. The lowest BCUT2D eigenvalue weighted by Crippen LogP contribution is -2.47. The summed E-state index contributed by atoms with van der Waals surface area (Å²) in [7, 11) is 1.29. The van der Waals surface area contributed by atoms with Crippen molar-refractivity contribution in [3.05, 3.63) is 18.2 Å². The van der Waals surface area contributed by atoms with Crippen molar-refractivity contribution in [1.82, 2.24) is 15.0 Å². The first-order valence-electron chi connectivity index (χ1n) is 5.40. The number of rotatable bonds is 5. The highest BCUT2D eigenvalue weighted by atomic mass is 19.4. The van der Waals surface area contributed by atoms with Crippen LogP contribution in [0.15, 0.2) is 12.4 Å². The molecule has 6 nitrogen and oxygen atoms in total. The Morgan fingerprint density at radius 1 is 1.58 bits per heavy atom. The minimum absolute atomic E-state index is 0.0958. The van der Waals surface area contributed by atoms with Crippen molar-refractivity contribution < 1.29 is 27.9 Å². The Labute approximate surface area is 107 Å². The standard InChI is InChI=1S/C10H14F3N3O3/c1-3-19-15-7(17)6-9(18,10(11,12)13)8-14-4-5-16(8)2/h4-5,18H,3,6H2,1-2H3,(H,15,17). The Bertz CT molecular complexity index is 447. The van der Waals surface area contributed by atoms with Gasteiger partial charge in [0.2, 0.25) is 11.5 Å². The van der Waals surface area contributed by atoms with Gasteiger partial charge >= 0.3 is 6.18 Å². The number of nitrogens with zero attached hydrogens (tertiary/aromatic N) is 2. The lowest BCUT2D eigenvalue weighted by molar-refractivity contribution is -0.271. The summed E-state index contributed by atoms with van der Waals surface area (Å²) in [4.78, 5) is 19.3. The van der Waals surface area contributed by atoms with E-state index < -0.39 is 29.9 Å². The Kier molecular flexibility index (Phi) is 4.53. The summed E-state index contributed by atoms with van der Waals surface area (Å²) in [6, 6.07) is 0. The zero-order valence-electron chi connectivity index (χ0n) is 10.4. The Morgan fingerprint density at radius 2 is 2.21 bits per heavy atom. The third-order valence-corrected chi connectivity index (χ3v) is 2.41. The molecule has 0 spiro atoms. The van der Waals surface area contributed by atoms with Gasteiger partial charge in [-0.05, 0) is 6.92 Å². The van der Waals surface area contributed by atoms with Crippen LogP contribution in [0.25, 0.3) is 0 Å². The van der Waals surface area contributed by atoms with Crippen molar-refractivity contribution in [2.24, 2.45) is 7.05 Å². The third kappa shape index (κ3) is 3.24. The van der Waals surface area contributed by atoms with E-state index in [4.69, 9.17) is 0 Å². The molecule has 1 aromatic heterocycles. The van der Waals surface area contributed by atoms with Crippen molar-refractivity contribution >= 4 is 5.91 Å². The van der Waals surface area contributed by atoms with Gasteiger partial charge < -0.3 is 9.67 Å². The number of carbonyl (C=O) groups is 1. The second-order valence-corrected chi connectivity index (χ2v) is 3.85. The van der Waals surface area contributed by atoms with Gasteiger partial charge in [-0.2, -0.15) is 13.2 Å². The number of nitrogens with one attached hydrogen (secondary N) is 1. The van der Waals surface area contributed by atoms with E-state index in [1.54, 1.807) is 12.4 Å². The van der Waals surface area contributed by atoms with E-state index in [0.29, 0.717) is 0 Å². The highest BCUT2D eigenvalue weighted by Gasteiger charge is 2.58. The lowest BCUT2D eigenvalue weighted by Gasteiger charge is -2.29. The van der Waals surface area contributed by atoms with Crippen LogP contribution < -0.4 is 5.48 Å². The summed E-state index contributed by atoms with van der Waals surface area (Å²) in [6.07, 6.45) is -3.93. The summed E-state index contributed by atoms with van der Waals surface area (Å²) in [5.74, 6) is -1.75. The number of halogens is 3. The van der Waals surface area contributed by atoms with Crippen LogP contribution in [0.5, 0.6) is 0 Å². The van der Waals surface area contributed by atoms with Gasteiger partial charge in [0.25, 0.3) is 0 Å². The number of imidazole rings is 1. The number of aryl methyl sites for hydroxylation is 1. The average Bonchev–Trinajstić information content (AvgIpc) is 2.71. The van der Waals surface area contributed by atoms with E-state index >= 15 is 0 Å². The SMILES string of the molecule is CCONC(=O)CC(O)(c1nccn1C)C(F)(F)F. The molecule has 1 atom stereocenters. The number of aliphatic hydroxyl groups is 1. The maximum Gasteiger partial charge on any atom is 0.425 e. The molecule has 0 aliphatic rings. The van der Waals surface area contributed by atoms with Crippen molar-refractivity contribution in [2.75, 3.05) is 6.61 Å². The molecule has 19 heavy (non-hydrogen) atoms. The Morgan fingerprint density at radius 3 is 2.63 bits per heavy atom. The molecule has 1 amide bonds. The van der Waals surface area contributed by atoms with Gasteiger partial charge in [-0.3, -0.25) is 9.63 Å². The lowest BCUT2D eigenvalue weighted by atomic mass is 9.97. The van der Waals surface area contributed by atoms with Gasteiger partial charge in [0, 0.05) is 19.4 Å². The van der Waals surface area contributed by atoms with E-state index in [1.807, 2.05) is 0 Å². The second-order valence-electron chi connectivity index (χ2n) is 3.85. The zero-order chi connectivity index (χ0) is 14.7. The van der Waals surface area contributed by atoms with Gasteiger partial charge in [-0.15, -0.1) is 0 Å². The molecule has 0 saturated carbocycles. The fraction of sp³-hybridized carbons (Fsp3) is 0.600. The van der Waals surface area contributed by atoms with Crippen LogP contribution in [-0.2, 0) is 22.3 Å². The van der Waals surface area contributed by atoms with Crippen LogP contribution in [-0.4, -0.2) is 33.3 Å². The van der Waals surface area contributed by atoms with Gasteiger partial charge in [0.05, 0.1) is 13.0 Å². The molecule has 0 aliphatic carbocycles. The molecular weight excluding hydrogens is 267 g/mol. The number of aromatic nitrogens is 2. The Hall–Kier alpha value is -1.61. The molecule has 108 valence electrons. The molecule has 0 bridgehead atoms. The second kappa shape index (κ2) is 5.57. The summed E-state index contributed by atoms with van der Waals surface area (Å²) in [5.41, 5.74) is -1.56. The van der Waals surface area contributed by atoms with Crippen molar-refractivity contribution in [1.29, 1.82) is 0 Å². The van der Waals surface area contributed by atoms with Gasteiger partial charge in [-0.1, -0.05) is 0 Å². The van der Waals surface area contributed by atoms with E-state index in [9.17, 15) is 23.1 Å². The van der Waals surface area contributed by atoms with E-state index in [1.165, 1.54) is 13.2 Å². The molecule has 1 aromatic rings. The molecular formula is C10H14F3N3O3. The average molecular weight is 281 g/mol. The summed E-state index contributed by atoms with van der Waals surface area (Å²) in [5, 5.41) is 9.83. The van der Waals surface area contributed by atoms with Gasteiger partial charge in [0.1, 0.15) is 0 Å². The fourth-order valence-electron chi connectivity index (χ4n) is 1.49. The van der Waals surface area contributed by atoms with E-state index in [0.717, 1.165) is 10.8 Å². The first kappa shape index (κ1) is 15.4. The number of hydrogen-bond donors (Lipinski definition) is 2. The van der Waals surface area contributed by atoms with Crippen LogP contribution in [0.4, 0.5) is 13.2 Å². The number of carbonyl (C=O) groups excluding carboxylic acids is 1. The first-order valence-corrected chi connectivity index (χ1v) is 5.40. The van der Waals surface area contributed by atoms with Gasteiger partial charge in [-0.25, -0.2) is 10.5 Å². The maximum absolute atomic E-state index is 13.0. The van der Waals surface area contributed by atoms with Gasteiger partial charge in [0.15, 0.2) is 5.82 Å². The van der Waals surface area contributed by atoms with Crippen LogP contribution in [0.1, 0.15) is 19.2 Å². The molecule has 0 radical (unpaired) electrons. The highest BCUT2D eigenvalue weighted by molar-refractivity contribution is 5.76. The summed E-state index contributed by atoms with van der Waals surface area (Å²) < 4.78 is 40.0. The molecule has 1 rings (SSSR count). The molecule has 0 fully saturated rings. The third-order valence-electron chi connectivity index (χ3n) is 2.41. The van der Waals surface area contributed by atoms with E-state index in [2.05, 4.69) is 9.82 Å². The molecule has 2 N–H and O–H groups in total. The topological polar surface area (TPSA) is 76.4 Å².